The highest BCUT2D eigenvalue weighted by atomic mass is 16.3. The van der Waals surface area contributed by atoms with Gasteiger partial charge in [0.2, 0.25) is 0 Å². The lowest BCUT2D eigenvalue weighted by atomic mass is 9.47. The quantitative estimate of drug-likeness (QED) is 0.178. The van der Waals surface area contributed by atoms with Crippen molar-refractivity contribution in [1.82, 2.24) is 0 Å². The van der Waals surface area contributed by atoms with E-state index in [2.05, 4.69) is 72.8 Å². The van der Waals surface area contributed by atoms with Gasteiger partial charge >= 0.3 is 0 Å². The van der Waals surface area contributed by atoms with Gasteiger partial charge in [0.1, 0.15) is 11.5 Å². The molecule has 346 valence electrons. The first kappa shape index (κ1) is 39.2. The van der Waals surface area contributed by atoms with Gasteiger partial charge in [-0.1, -0.05) is 48.5 Å². The molecular weight excluding hydrogens is 813 g/mol. The Kier molecular flexibility index (Phi) is 7.65. The van der Waals surface area contributed by atoms with E-state index in [1.165, 1.54) is 199 Å². The molecular formula is C65H74O2. The van der Waals surface area contributed by atoms with E-state index in [9.17, 15) is 10.2 Å². The second kappa shape index (κ2) is 13.1. The zero-order valence-corrected chi connectivity index (χ0v) is 40.2. The molecule has 0 atom stereocenters. The predicted molar refractivity (Wildman–Crippen MR) is 266 cm³/mol. The van der Waals surface area contributed by atoms with Crippen molar-refractivity contribution in [3.05, 3.63) is 117 Å². The predicted octanol–water partition coefficient (Wildman–Crippen LogP) is 15.3. The Labute approximate surface area is 400 Å². The fourth-order valence-electron chi connectivity index (χ4n) is 24.0. The first-order chi connectivity index (χ1) is 32.6. The molecule has 17 aliphatic rings. The van der Waals surface area contributed by atoms with Gasteiger partial charge in [-0.3, -0.25) is 0 Å². The highest BCUT2D eigenvalue weighted by Crippen LogP contribution is 2.68. The van der Waals surface area contributed by atoms with Crippen LogP contribution in [0.15, 0.2) is 72.8 Å². The van der Waals surface area contributed by atoms with Gasteiger partial charge < -0.3 is 10.2 Å². The lowest BCUT2D eigenvalue weighted by Gasteiger charge is -2.57. The van der Waals surface area contributed by atoms with Crippen LogP contribution in [0, 0.1) is 71.0 Å². The van der Waals surface area contributed by atoms with Crippen molar-refractivity contribution < 1.29 is 10.2 Å². The van der Waals surface area contributed by atoms with Crippen LogP contribution in [0.5, 0.6) is 11.5 Å². The van der Waals surface area contributed by atoms with E-state index in [1.54, 1.807) is 11.1 Å². The Hall–Kier alpha value is -3.52. The molecule has 16 saturated carbocycles. The summed E-state index contributed by atoms with van der Waals surface area (Å²) in [5.41, 5.74) is 14.6. The maximum Gasteiger partial charge on any atom is 0.119 e. The molecule has 0 saturated heterocycles. The summed E-state index contributed by atoms with van der Waals surface area (Å²) in [4.78, 5) is 0. The highest BCUT2D eigenvalue weighted by molar-refractivity contribution is 5.87. The summed E-state index contributed by atoms with van der Waals surface area (Å²) in [6.45, 7) is 0. The molecule has 16 fully saturated rings. The molecule has 0 heterocycles. The molecule has 2 nitrogen and oxygen atoms in total. The third-order valence-electron chi connectivity index (χ3n) is 24.5. The van der Waals surface area contributed by atoms with E-state index in [0.717, 1.165) is 71.0 Å². The molecule has 16 bridgehead atoms. The third-order valence-corrected chi connectivity index (χ3v) is 24.5. The molecule has 0 radical (unpaired) electrons. The number of benzene rings is 4. The zero-order valence-electron chi connectivity index (χ0n) is 40.2. The van der Waals surface area contributed by atoms with E-state index in [1.807, 2.05) is 0 Å². The maximum atomic E-state index is 12.4. The normalized spacial score (nSPS) is 47.0. The summed E-state index contributed by atoms with van der Waals surface area (Å²) in [5.74, 6) is 11.3. The van der Waals surface area contributed by atoms with Crippen LogP contribution in [0.3, 0.4) is 0 Å². The molecule has 0 unspecified atom stereocenters. The summed E-state index contributed by atoms with van der Waals surface area (Å²) in [7, 11) is 0. The number of fused-ring (bicyclic) bond motifs is 3. The molecule has 21 rings (SSSR count). The van der Waals surface area contributed by atoms with Crippen molar-refractivity contribution in [2.24, 2.45) is 71.0 Å². The molecule has 4 aromatic carbocycles. The van der Waals surface area contributed by atoms with Crippen LogP contribution < -0.4 is 0 Å². The van der Waals surface area contributed by atoms with Crippen LogP contribution in [0.1, 0.15) is 199 Å². The molecule has 0 spiro atoms. The fourth-order valence-corrected chi connectivity index (χ4v) is 24.0. The van der Waals surface area contributed by atoms with Gasteiger partial charge in [0.15, 0.2) is 0 Å². The Morgan fingerprint density at radius 1 is 0.269 bits per heavy atom. The Balaban J connectivity index is 0.936. The summed E-state index contributed by atoms with van der Waals surface area (Å²) in [5, 5.41) is 24.8. The second-order valence-electron chi connectivity index (χ2n) is 28.5. The molecule has 0 aliphatic heterocycles. The highest BCUT2D eigenvalue weighted by Gasteiger charge is 2.58. The van der Waals surface area contributed by atoms with Gasteiger partial charge in [0.05, 0.1) is 5.41 Å². The first-order valence-electron chi connectivity index (χ1n) is 28.6. The van der Waals surface area contributed by atoms with Crippen molar-refractivity contribution >= 4 is 0 Å². The topological polar surface area (TPSA) is 40.5 Å². The van der Waals surface area contributed by atoms with Gasteiger partial charge in [-0.15, -0.1) is 0 Å². The molecule has 17 aliphatic carbocycles. The Morgan fingerprint density at radius 3 is 0.791 bits per heavy atom. The SMILES string of the molecule is Oc1ccc(C2(c3ccc(O)c(C45CC6CC(CC(C6)C4)C5)c3)c3cc(C45CC6CC(CC(C6)C4)C5)ccc3-c3ccc(C45CC6CC(CC(C6)C4)C5)cc32)cc1C12CC3CC(CC(C3)C1)C2. The minimum absolute atomic E-state index is 0.0711. The maximum absolute atomic E-state index is 12.4. The number of hydrogen-bond donors (Lipinski definition) is 2. The van der Waals surface area contributed by atoms with Crippen LogP contribution >= 0.6 is 0 Å². The van der Waals surface area contributed by atoms with E-state index < -0.39 is 5.41 Å². The van der Waals surface area contributed by atoms with Gasteiger partial charge in [-0.25, -0.2) is 0 Å². The van der Waals surface area contributed by atoms with Crippen LogP contribution in [0.4, 0.5) is 0 Å². The van der Waals surface area contributed by atoms with Crippen molar-refractivity contribution in [1.29, 1.82) is 0 Å². The van der Waals surface area contributed by atoms with Crippen molar-refractivity contribution in [3.63, 3.8) is 0 Å². The zero-order chi connectivity index (χ0) is 43.8. The van der Waals surface area contributed by atoms with Crippen molar-refractivity contribution in [3.8, 4) is 22.6 Å². The Bertz CT molecular complexity index is 2450. The largest absolute Gasteiger partial charge is 0.508 e. The number of phenols is 2. The van der Waals surface area contributed by atoms with Gasteiger partial charge in [0.25, 0.3) is 0 Å². The molecule has 4 aromatic rings. The Morgan fingerprint density at radius 2 is 0.507 bits per heavy atom. The average molecular weight is 887 g/mol. The fraction of sp³-hybridized carbons (Fsp3) is 0.631. The van der Waals surface area contributed by atoms with E-state index in [0.29, 0.717) is 11.5 Å². The second-order valence-corrected chi connectivity index (χ2v) is 28.5. The molecule has 2 N–H and O–H groups in total. The van der Waals surface area contributed by atoms with E-state index >= 15 is 0 Å². The van der Waals surface area contributed by atoms with Crippen LogP contribution in [-0.4, -0.2) is 10.2 Å². The average Bonchev–Trinajstić information content (AvgIpc) is 3.57. The lowest BCUT2D eigenvalue weighted by molar-refractivity contribution is -0.00627. The van der Waals surface area contributed by atoms with Crippen molar-refractivity contribution in [2.45, 2.75) is 181 Å². The van der Waals surface area contributed by atoms with Crippen LogP contribution in [0.25, 0.3) is 11.1 Å². The molecule has 0 amide bonds. The number of hydrogen-bond acceptors (Lipinski definition) is 2. The summed E-state index contributed by atoms with van der Waals surface area (Å²) in [6, 6.07) is 30.6. The van der Waals surface area contributed by atoms with Gasteiger partial charge in [-0.05, 0) is 316 Å². The molecule has 0 aromatic heterocycles. The van der Waals surface area contributed by atoms with E-state index in [4.69, 9.17) is 0 Å². The lowest BCUT2D eigenvalue weighted by Crippen LogP contribution is -2.49. The smallest absolute Gasteiger partial charge is 0.119 e. The monoisotopic (exact) mass is 887 g/mol. The molecule has 2 heteroatoms. The number of phenolic OH excluding ortho intramolecular Hbond substituents is 2. The minimum atomic E-state index is -0.559. The van der Waals surface area contributed by atoms with Gasteiger partial charge in [0, 0.05) is 11.1 Å². The summed E-state index contributed by atoms with van der Waals surface area (Å²) < 4.78 is 0. The third kappa shape index (κ3) is 5.26. The van der Waals surface area contributed by atoms with Crippen molar-refractivity contribution in [2.75, 3.05) is 0 Å². The van der Waals surface area contributed by atoms with Crippen LogP contribution in [0.2, 0.25) is 0 Å². The van der Waals surface area contributed by atoms with E-state index in [-0.39, 0.29) is 21.7 Å². The van der Waals surface area contributed by atoms with Crippen LogP contribution in [-0.2, 0) is 27.1 Å². The van der Waals surface area contributed by atoms with Gasteiger partial charge in [-0.2, -0.15) is 0 Å². The summed E-state index contributed by atoms with van der Waals surface area (Å²) >= 11 is 0. The minimum Gasteiger partial charge on any atom is -0.508 e. The molecule has 67 heavy (non-hydrogen) atoms. The number of rotatable bonds is 6. The standard InChI is InChI=1S/C65H74O2/c66-59-7-3-51(23-57(59)63-31-43-15-44(32-63)17-45(16-43)33-63)65(52-4-8-60(67)58(24-52)64-34-46-18-47(35-64)20-48(19-46)36-64)55-21-49(61-25-37-9-38(26-61)11-39(10-37)27-61)1-5-53(55)54-6-2-50(22-56(54)65)62-28-40-12-41(29-62)14-42(13-40)30-62/h1-8,21-24,37-48,66-67H,9-20,25-36H2. The summed E-state index contributed by atoms with van der Waals surface area (Å²) in [6.07, 6.45) is 33.0. The first-order valence-corrected chi connectivity index (χ1v) is 28.6. The number of aromatic hydroxyl groups is 2.